The molecule has 0 saturated heterocycles. The highest BCUT2D eigenvalue weighted by Gasteiger charge is 2.13. The van der Waals surface area contributed by atoms with Gasteiger partial charge in [0, 0.05) is 32.5 Å². The fraction of sp³-hybridized carbons (Fsp3) is 0.471. The number of hydrogen-bond acceptors (Lipinski definition) is 6. The van der Waals surface area contributed by atoms with Crippen LogP contribution in [-0.4, -0.2) is 36.5 Å². The highest BCUT2D eigenvalue weighted by molar-refractivity contribution is 5.79. The predicted molar refractivity (Wildman–Crippen MR) is 92.9 cm³/mol. The third-order valence-electron chi connectivity index (χ3n) is 3.75. The molecule has 0 radical (unpaired) electrons. The summed E-state index contributed by atoms with van der Waals surface area (Å²) in [5.41, 5.74) is 1.09. The van der Waals surface area contributed by atoms with Gasteiger partial charge in [-0.2, -0.15) is 4.98 Å². The van der Waals surface area contributed by atoms with Gasteiger partial charge in [0.1, 0.15) is 0 Å². The van der Waals surface area contributed by atoms with Gasteiger partial charge in [-0.1, -0.05) is 25.1 Å². The molecule has 1 aromatic carbocycles. The highest BCUT2D eigenvalue weighted by Crippen LogP contribution is 2.32. The lowest BCUT2D eigenvalue weighted by Crippen LogP contribution is -2.37. The molecular formula is C17H23N5O3. The zero-order chi connectivity index (χ0) is 17.6. The van der Waals surface area contributed by atoms with Crippen LogP contribution in [0.1, 0.15) is 37.0 Å². The Hall–Kier alpha value is -2.77. The van der Waals surface area contributed by atoms with Crippen molar-refractivity contribution in [3.63, 3.8) is 0 Å². The summed E-state index contributed by atoms with van der Waals surface area (Å²) in [7, 11) is 1.73. The van der Waals surface area contributed by atoms with Crippen molar-refractivity contribution < 1.29 is 14.0 Å². The Kier molecular flexibility index (Phi) is 5.37. The van der Waals surface area contributed by atoms with E-state index in [0.29, 0.717) is 31.4 Å². The molecule has 134 valence electrons. The molecule has 0 atom stereocenters. The van der Waals surface area contributed by atoms with Crippen LogP contribution in [0, 0.1) is 0 Å². The molecule has 3 rings (SSSR count). The molecule has 0 saturated carbocycles. The summed E-state index contributed by atoms with van der Waals surface area (Å²) in [4.78, 5) is 8.57. The Labute approximate surface area is 146 Å². The maximum atomic E-state index is 5.39. The van der Waals surface area contributed by atoms with Crippen LogP contribution in [0.4, 0.5) is 0 Å². The van der Waals surface area contributed by atoms with Crippen molar-refractivity contribution >= 4 is 5.96 Å². The Morgan fingerprint density at radius 1 is 1.24 bits per heavy atom. The van der Waals surface area contributed by atoms with Crippen molar-refractivity contribution in [3.8, 4) is 11.5 Å². The smallest absolute Gasteiger partial charge is 0.231 e. The summed E-state index contributed by atoms with van der Waals surface area (Å²) in [5, 5.41) is 10.5. The summed E-state index contributed by atoms with van der Waals surface area (Å²) >= 11 is 0. The van der Waals surface area contributed by atoms with Crippen molar-refractivity contribution in [2.24, 2.45) is 4.99 Å². The van der Waals surface area contributed by atoms with E-state index < -0.39 is 0 Å². The maximum absolute atomic E-state index is 5.39. The Morgan fingerprint density at radius 3 is 2.84 bits per heavy atom. The van der Waals surface area contributed by atoms with E-state index in [2.05, 4.69) is 25.8 Å². The second-order valence-electron chi connectivity index (χ2n) is 5.99. The Morgan fingerprint density at radius 2 is 2.08 bits per heavy atom. The van der Waals surface area contributed by atoms with Gasteiger partial charge in [-0.25, -0.2) is 0 Å². The lowest BCUT2D eigenvalue weighted by molar-refractivity contribution is 0.174. The molecule has 0 amide bonds. The Balaban J connectivity index is 1.45. The number of aliphatic imine (C=N–C) groups is 1. The third kappa shape index (κ3) is 4.40. The van der Waals surface area contributed by atoms with Gasteiger partial charge in [0.05, 0.1) is 0 Å². The molecule has 2 N–H and O–H groups in total. The van der Waals surface area contributed by atoms with Gasteiger partial charge in [-0.3, -0.25) is 4.99 Å². The fourth-order valence-corrected chi connectivity index (χ4v) is 2.35. The summed E-state index contributed by atoms with van der Waals surface area (Å²) in [6, 6.07) is 5.88. The van der Waals surface area contributed by atoms with Gasteiger partial charge in [0.25, 0.3) is 0 Å². The largest absolute Gasteiger partial charge is 0.454 e. The number of guanidine groups is 1. The number of benzene rings is 1. The number of nitrogens with one attached hydrogen (secondary N) is 2. The molecule has 1 aliphatic heterocycles. The van der Waals surface area contributed by atoms with Crippen molar-refractivity contribution in [1.82, 2.24) is 20.8 Å². The number of fused-ring (bicyclic) bond motifs is 1. The third-order valence-corrected chi connectivity index (χ3v) is 3.75. The maximum Gasteiger partial charge on any atom is 0.231 e. The van der Waals surface area contributed by atoms with E-state index in [1.807, 2.05) is 32.0 Å². The number of aromatic nitrogens is 2. The summed E-state index contributed by atoms with van der Waals surface area (Å²) in [6.45, 7) is 5.64. The molecule has 25 heavy (non-hydrogen) atoms. The zero-order valence-electron chi connectivity index (χ0n) is 14.7. The van der Waals surface area contributed by atoms with Crippen LogP contribution in [0.2, 0.25) is 0 Å². The number of nitrogens with zero attached hydrogens (tertiary/aromatic N) is 3. The van der Waals surface area contributed by atoms with Gasteiger partial charge in [0.2, 0.25) is 12.7 Å². The van der Waals surface area contributed by atoms with Crippen LogP contribution in [-0.2, 0) is 13.0 Å². The van der Waals surface area contributed by atoms with Crippen LogP contribution >= 0.6 is 0 Å². The first kappa shape index (κ1) is 17.1. The topological polar surface area (TPSA) is 93.8 Å². The molecule has 8 heteroatoms. The van der Waals surface area contributed by atoms with Crippen molar-refractivity contribution in [3.05, 3.63) is 35.5 Å². The summed E-state index contributed by atoms with van der Waals surface area (Å²) < 4.78 is 15.9. The first-order valence-electron chi connectivity index (χ1n) is 8.31. The van der Waals surface area contributed by atoms with E-state index >= 15 is 0 Å². The van der Waals surface area contributed by atoms with Gasteiger partial charge < -0.3 is 24.6 Å². The van der Waals surface area contributed by atoms with E-state index in [-0.39, 0.29) is 12.7 Å². The quantitative estimate of drug-likeness (QED) is 0.609. The van der Waals surface area contributed by atoms with Gasteiger partial charge >= 0.3 is 0 Å². The molecule has 0 unspecified atom stereocenters. The number of ether oxygens (including phenoxy) is 2. The van der Waals surface area contributed by atoms with E-state index in [4.69, 9.17) is 14.0 Å². The molecule has 8 nitrogen and oxygen atoms in total. The monoisotopic (exact) mass is 345 g/mol. The fourth-order valence-electron chi connectivity index (χ4n) is 2.35. The van der Waals surface area contributed by atoms with Crippen LogP contribution in [0.3, 0.4) is 0 Å². The Bertz CT molecular complexity index is 742. The minimum Gasteiger partial charge on any atom is -0.454 e. The molecule has 0 spiro atoms. The zero-order valence-corrected chi connectivity index (χ0v) is 14.7. The average Bonchev–Trinajstić information content (AvgIpc) is 3.26. The summed E-state index contributed by atoms with van der Waals surface area (Å²) in [5.74, 6) is 3.90. The van der Waals surface area contributed by atoms with Crippen LogP contribution in [0.5, 0.6) is 11.5 Å². The highest BCUT2D eigenvalue weighted by atomic mass is 16.7. The molecule has 2 aromatic rings. The summed E-state index contributed by atoms with van der Waals surface area (Å²) in [6.07, 6.45) is 0.643. The van der Waals surface area contributed by atoms with Crippen LogP contribution in [0.25, 0.3) is 0 Å². The molecular weight excluding hydrogens is 322 g/mol. The SMILES string of the molecule is CN=C(NCCc1nc(C(C)C)no1)NCc1ccc2c(c1)OCO2. The molecule has 1 aliphatic rings. The van der Waals surface area contributed by atoms with Crippen LogP contribution in [0.15, 0.2) is 27.7 Å². The average molecular weight is 345 g/mol. The first-order valence-corrected chi connectivity index (χ1v) is 8.31. The van der Waals surface area contributed by atoms with Crippen molar-refractivity contribution in [1.29, 1.82) is 0 Å². The van der Waals surface area contributed by atoms with E-state index in [0.717, 1.165) is 22.9 Å². The van der Waals surface area contributed by atoms with Crippen molar-refractivity contribution in [2.45, 2.75) is 32.7 Å². The first-order chi connectivity index (χ1) is 12.2. The van der Waals surface area contributed by atoms with Gasteiger partial charge in [-0.15, -0.1) is 0 Å². The lowest BCUT2D eigenvalue weighted by atomic mass is 10.2. The minimum atomic E-state index is 0.265. The van der Waals surface area contributed by atoms with E-state index in [9.17, 15) is 0 Å². The minimum absolute atomic E-state index is 0.265. The lowest BCUT2D eigenvalue weighted by Gasteiger charge is -2.11. The number of rotatable bonds is 6. The molecule has 2 heterocycles. The van der Waals surface area contributed by atoms with Gasteiger partial charge in [-0.05, 0) is 17.7 Å². The standard InChI is InChI=1S/C17H23N5O3/c1-11(2)16-21-15(25-22-16)6-7-19-17(18-3)20-9-12-4-5-13-14(8-12)24-10-23-13/h4-5,8,11H,6-7,9-10H2,1-3H3,(H2,18,19,20). The van der Waals surface area contributed by atoms with Gasteiger partial charge in [0.15, 0.2) is 23.3 Å². The van der Waals surface area contributed by atoms with E-state index in [1.54, 1.807) is 7.05 Å². The normalized spacial score (nSPS) is 13.4. The number of hydrogen-bond donors (Lipinski definition) is 2. The second-order valence-corrected chi connectivity index (χ2v) is 5.99. The predicted octanol–water partition coefficient (Wildman–Crippen LogP) is 1.83. The molecule has 1 aromatic heterocycles. The van der Waals surface area contributed by atoms with Crippen molar-refractivity contribution in [2.75, 3.05) is 20.4 Å². The molecule has 0 bridgehead atoms. The van der Waals surface area contributed by atoms with E-state index in [1.165, 1.54) is 0 Å². The molecule has 0 aliphatic carbocycles. The van der Waals surface area contributed by atoms with Crippen LogP contribution < -0.4 is 20.1 Å². The second kappa shape index (κ2) is 7.87. The molecule has 0 fully saturated rings.